The average Bonchev–Trinajstić information content (AvgIpc) is 2.68. The maximum absolute atomic E-state index is 9.66. The third kappa shape index (κ3) is 6.07. The second-order valence-corrected chi connectivity index (χ2v) is 6.52. The number of phenolic OH excluding ortho intramolecular Hbond substituents is 1. The molecule has 1 aromatic carbocycles. The van der Waals surface area contributed by atoms with E-state index in [1.807, 2.05) is 20.8 Å². The van der Waals surface area contributed by atoms with Gasteiger partial charge in [0.1, 0.15) is 5.75 Å². The van der Waals surface area contributed by atoms with E-state index in [4.69, 9.17) is 0 Å². The summed E-state index contributed by atoms with van der Waals surface area (Å²) in [6.07, 6.45) is 3.36. The third-order valence-corrected chi connectivity index (χ3v) is 5.57. The van der Waals surface area contributed by atoms with E-state index in [0.717, 1.165) is 21.9 Å². The van der Waals surface area contributed by atoms with Gasteiger partial charge in [0.15, 0.2) is 0 Å². The van der Waals surface area contributed by atoms with E-state index < -0.39 is 0 Å². The van der Waals surface area contributed by atoms with Crippen LogP contribution in [0.15, 0.2) is 16.7 Å². The molecule has 0 saturated heterocycles. The number of hydrogen-bond donors (Lipinski definition) is 1. The molecule has 1 aliphatic carbocycles. The average molecular weight is 417 g/mol. The minimum absolute atomic E-state index is 0. The first kappa shape index (κ1) is 28.8. The van der Waals surface area contributed by atoms with Crippen LogP contribution in [-0.2, 0) is 21.7 Å². The van der Waals surface area contributed by atoms with Gasteiger partial charge in [-0.3, -0.25) is 6.08 Å². The van der Waals surface area contributed by atoms with Crippen molar-refractivity contribution in [1.29, 1.82) is 0 Å². The molecule has 24 heavy (non-hydrogen) atoms. The molecule has 0 amide bonds. The van der Waals surface area contributed by atoms with Crippen molar-refractivity contribution in [3.05, 3.63) is 45.0 Å². The number of halogens is 2. The summed E-state index contributed by atoms with van der Waals surface area (Å²) in [4.78, 5) is 0. The SMILES string of the molecule is CC1=[C-]C(C)C(C)=C1C.Cc1c(C)c(O)c(C)c([Si])c1C.[Cl-].[Cl-].[Ti]. The smallest absolute Gasteiger partial charge is 0.121 e. The van der Waals surface area contributed by atoms with Crippen molar-refractivity contribution in [2.75, 3.05) is 0 Å². The van der Waals surface area contributed by atoms with Crippen molar-refractivity contribution in [3.8, 4) is 5.75 Å². The minimum atomic E-state index is 0. The van der Waals surface area contributed by atoms with Crippen LogP contribution in [-0.4, -0.2) is 15.3 Å². The predicted octanol–water partition coefficient (Wildman–Crippen LogP) is -1.85. The van der Waals surface area contributed by atoms with Crippen LogP contribution >= 0.6 is 0 Å². The molecule has 2 rings (SSSR count). The fourth-order valence-electron chi connectivity index (χ4n) is 2.49. The van der Waals surface area contributed by atoms with E-state index in [0.29, 0.717) is 11.7 Å². The van der Waals surface area contributed by atoms with Crippen molar-refractivity contribution in [2.45, 2.75) is 55.4 Å². The van der Waals surface area contributed by atoms with Gasteiger partial charge in [0.25, 0.3) is 0 Å². The van der Waals surface area contributed by atoms with Crippen LogP contribution in [0.25, 0.3) is 0 Å². The summed E-state index contributed by atoms with van der Waals surface area (Å²) in [5, 5.41) is 10.7. The topological polar surface area (TPSA) is 20.2 Å². The molecule has 1 atom stereocenters. The molecule has 1 aromatic rings. The summed E-state index contributed by atoms with van der Waals surface area (Å²) >= 11 is 0. The van der Waals surface area contributed by atoms with Crippen LogP contribution in [0.2, 0.25) is 0 Å². The fraction of sp³-hybridized carbons (Fsp3) is 0.474. The van der Waals surface area contributed by atoms with Crippen LogP contribution in [0.1, 0.15) is 49.9 Å². The first-order valence-electron chi connectivity index (χ1n) is 7.38. The number of rotatable bonds is 0. The second kappa shape index (κ2) is 11.6. The molecule has 0 saturated carbocycles. The molecule has 0 spiro atoms. The first-order valence-corrected chi connectivity index (χ1v) is 7.88. The monoisotopic (exact) mass is 416 g/mol. The van der Waals surface area contributed by atoms with Crippen LogP contribution in [0, 0.1) is 39.7 Å². The van der Waals surface area contributed by atoms with Gasteiger partial charge in [0, 0.05) is 21.7 Å². The van der Waals surface area contributed by atoms with Crippen LogP contribution < -0.4 is 30.0 Å². The number of aromatic hydroxyl groups is 1. The van der Waals surface area contributed by atoms with Crippen LogP contribution in [0.3, 0.4) is 0 Å². The molecule has 1 N–H and O–H groups in total. The Labute approximate surface area is 178 Å². The molecule has 0 fully saturated rings. The quantitative estimate of drug-likeness (QED) is 0.388. The Hall–Kier alpha value is 0.0112. The zero-order chi connectivity index (χ0) is 16.5. The molecular weight excluding hydrogens is 391 g/mol. The normalized spacial score (nSPS) is 15.4. The molecule has 3 radical (unpaired) electrons. The molecule has 1 nitrogen and oxygen atoms in total. The standard InChI is InChI=1S/C10H13OSi.C9H13.2ClH.Ti/c1-5-6(2)9(11)8(4)10(12)7(5)3;1-6-5-7(2)9(4)8(6)3;;;/h11H,1-4H3;6H,1-4H3;2*1H;/q;-1;;;/p-2. The zero-order valence-corrected chi connectivity index (χ0v) is 19.9. The molecule has 1 unspecified atom stereocenters. The largest absolute Gasteiger partial charge is 1.00 e. The Bertz CT molecular complexity index is 532. The van der Waals surface area contributed by atoms with Gasteiger partial charge in [0.2, 0.25) is 0 Å². The predicted molar refractivity (Wildman–Crippen MR) is 92.4 cm³/mol. The molecule has 0 heterocycles. The van der Waals surface area contributed by atoms with E-state index in [9.17, 15) is 5.11 Å². The number of benzene rings is 1. The Morgan fingerprint density at radius 3 is 1.58 bits per heavy atom. The molecule has 0 bridgehead atoms. The van der Waals surface area contributed by atoms with Crippen LogP contribution in [0.4, 0.5) is 0 Å². The summed E-state index contributed by atoms with van der Waals surface area (Å²) in [5.41, 5.74) is 8.51. The molecule has 0 aromatic heterocycles. The van der Waals surface area contributed by atoms with Gasteiger partial charge in [-0.2, -0.15) is 11.1 Å². The molecule has 1 aliphatic rings. The van der Waals surface area contributed by atoms with E-state index >= 15 is 0 Å². The Morgan fingerprint density at radius 1 is 0.833 bits per heavy atom. The van der Waals surface area contributed by atoms with Gasteiger partial charge >= 0.3 is 0 Å². The molecule has 5 heteroatoms. The summed E-state index contributed by atoms with van der Waals surface area (Å²) < 4.78 is 0. The van der Waals surface area contributed by atoms with E-state index in [-0.39, 0.29) is 46.5 Å². The van der Waals surface area contributed by atoms with Gasteiger partial charge in [-0.05, 0) is 49.9 Å². The zero-order valence-electron chi connectivity index (χ0n) is 15.8. The maximum atomic E-state index is 9.66. The fourth-order valence-corrected chi connectivity index (χ4v) is 2.79. The second-order valence-electron chi connectivity index (χ2n) is 6.02. The van der Waals surface area contributed by atoms with Crippen molar-refractivity contribution < 1.29 is 51.6 Å². The summed E-state index contributed by atoms with van der Waals surface area (Å²) in [6.45, 7) is 16.6. The van der Waals surface area contributed by atoms with Gasteiger partial charge in [-0.25, -0.2) is 5.57 Å². The number of hydrogen-bond acceptors (Lipinski definition) is 1. The van der Waals surface area contributed by atoms with Gasteiger partial charge in [-0.15, -0.1) is 6.92 Å². The van der Waals surface area contributed by atoms with Gasteiger partial charge < -0.3 is 29.9 Å². The first-order chi connectivity index (χ1) is 9.59. The van der Waals surface area contributed by atoms with Crippen molar-refractivity contribution >= 4 is 15.4 Å². The summed E-state index contributed by atoms with van der Waals surface area (Å²) in [5.74, 6) is 0.966. The van der Waals surface area contributed by atoms with Crippen molar-refractivity contribution in [1.82, 2.24) is 0 Å². The van der Waals surface area contributed by atoms with Gasteiger partial charge in [0.05, 0.1) is 10.2 Å². The number of allylic oxidation sites excluding steroid dienone is 4. The van der Waals surface area contributed by atoms with E-state index in [1.165, 1.54) is 22.3 Å². The van der Waals surface area contributed by atoms with Crippen molar-refractivity contribution in [2.24, 2.45) is 5.92 Å². The van der Waals surface area contributed by atoms with E-state index in [2.05, 4.69) is 50.9 Å². The minimum Gasteiger partial charge on any atom is -1.00 e. The van der Waals surface area contributed by atoms with Crippen LogP contribution in [0.5, 0.6) is 5.75 Å². The molecular formula is C19H26Cl2OSiTi-3. The van der Waals surface area contributed by atoms with Crippen molar-refractivity contribution in [3.63, 3.8) is 0 Å². The Balaban J connectivity index is -0.000000336. The van der Waals surface area contributed by atoms with Gasteiger partial charge in [-0.1, -0.05) is 31.9 Å². The Kier molecular flexibility index (Phi) is 13.9. The summed E-state index contributed by atoms with van der Waals surface area (Å²) in [6, 6.07) is 0. The molecule has 133 valence electrons. The number of phenols is 1. The van der Waals surface area contributed by atoms with E-state index in [1.54, 1.807) is 0 Å². The maximum Gasteiger partial charge on any atom is 0.121 e. The molecule has 0 aliphatic heterocycles. The third-order valence-electron chi connectivity index (χ3n) is 4.82. The Morgan fingerprint density at radius 2 is 1.29 bits per heavy atom. The summed E-state index contributed by atoms with van der Waals surface area (Å²) in [7, 11) is 3.51.